The first-order valence-electron chi connectivity index (χ1n) is 6.60. The number of benzene rings is 1. The average Bonchev–Trinajstić information content (AvgIpc) is 2.42. The summed E-state index contributed by atoms with van der Waals surface area (Å²) < 4.78 is 53.2. The first kappa shape index (κ1) is 14.2. The van der Waals surface area contributed by atoms with Crippen LogP contribution in [0.3, 0.4) is 0 Å². The Hall–Kier alpha value is -1.26. The Labute approximate surface area is 110 Å². The minimum Gasteiger partial charge on any atom is -0.377 e. The zero-order chi connectivity index (χ0) is 14.0. The summed E-state index contributed by atoms with van der Waals surface area (Å²) in [6, 6.07) is 0.00621. The van der Waals surface area contributed by atoms with Crippen LogP contribution in [0.5, 0.6) is 0 Å². The molecule has 0 saturated heterocycles. The van der Waals surface area contributed by atoms with Gasteiger partial charge in [-0.15, -0.1) is 0 Å². The molecule has 0 radical (unpaired) electrons. The molecule has 1 aromatic rings. The van der Waals surface area contributed by atoms with Crippen LogP contribution in [0.25, 0.3) is 0 Å². The second-order valence-corrected chi connectivity index (χ2v) is 5.17. The summed E-state index contributed by atoms with van der Waals surface area (Å²) >= 11 is 0. The van der Waals surface area contributed by atoms with E-state index < -0.39 is 29.0 Å². The van der Waals surface area contributed by atoms with E-state index in [0.717, 1.165) is 25.7 Å². The van der Waals surface area contributed by atoms with Crippen molar-refractivity contribution in [2.45, 2.75) is 45.1 Å². The molecular formula is C14H17F4N. The Morgan fingerprint density at radius 2 is 1.53 bits per heavy atom. The van der Waals surface area contributed by atoms with Crippen molar-refractivity contribution < 1.29 is 17.6 Å². The monoisotopic (exact) mass is 275 g/mol. The van der Waals surface area contributed by atoms with Crippen LogP contribution in [0, 0.1) is 29.2 Å². The maximum atomic E-state index is 13.5. The van der Waals surface area contributed by atoms with E-state index in [0.29, 0.717) is 0 Å². The summed E-state index contributed by atoms with van der Waals surface area (Å²) in [5, 5.41) is 2.60. The van der Waals surface area contributed by atoms with Crippen LogP contribution in [-0.4, -0.2) is 6.04 Å². The molecule has 0 bridgehead atoms. The first-order chi connectivity index (χ1) is 9.00. The van der Waals surface area contributed by atoms with Crippen molar-refractivity contribution in [2.24, 2.45) is 5.92 Å². The molecule has 19 heavy (non-hydrogen) atoms. The molecule has 1 nitrogen and oxygen atoms in total. The zero-order valence-electron chi connectivity index (χ0n) is 10.8. The number of hydrogen-bond donors (Lipinski definition) is 1. The van der Waals surface area contributed by atoms with E-state index in [-0.39, 0.29) is 18.0 Å². The normalized spacial score (nSPS) is 18.4. The van der Waals surface area contributed by atoms with Gasteiger partial charge in [-0.3, -0.25) is 0 Å². The summed E-state index contributed by atoms with van der Waals surface area (Å²) in [4.78, 5) is 0. The van der Waals surface area contributed by atoms with Crippen molar-refractivity contribution in [3.05, 3.63) is 29.3 Å². The molecule has 0 spiro atoms. The van der Waals surface area contributed by atoms with Gasteiger partial charge in [0.15, 0.2) is 23.3 Å². The van der Waals surface area contributed by atoms with Gasteiger partial charge in [0, 0.05) is 12.1 Å². The third kappa shape index (κ3) is 3.01. The van der Waals surface area contributed by atoms with Crippen LogP contribution in [0.2, 0.25) is 0 Å². The minimum absolute atomic E-state index is 0.217. The molecule has 0 heterocycles. The second kappa shape index (κ2) is 5.80. The molecule has 1 N–H and O–H groups in total. The van der Waals surface area contributed by atoms with Gasteiger partial charge in [0.05, 0.1) is 0 Å². The molecule has 1 fully saturated rings. The summed E-state index contributed by atoms with van der Waals surface area (Å²) in [5.74, 6) is -5.20. The Morgan fingerprint density at radius 3 is 2.05 bits per heavy atom. The van der Waals surface area contributed by atoms with Crippen molar-refractivity contribution in [3.63, 3.8) is 0 Å². The Morgan fingerprint density at radius 1 is 1.00 bits per heavy atom. The SMILES string of the molecule is CC(Nc1c(F)c(F)cc(F)c1F)C1CCCCC1. The van der Waals surface area contributed by atoms with E-state index in [1.54, 1.807) is 6.92 Å². The van der Waals surface area contributed by atoms with Crippen molar-refractivity contribution in [1.29, 1.82) is 0 Å². The molecule has 2 rings (SSSR count). The third-order valence-corrected chi connectivity index (χ3v) is 3.84. The average molecular weight is 275 g/mol. The lowest BCUT2D eigenvalue weighted by Crippen LogP contribution is -2.28. The molecule has 106 valence electrons. The Bertz CT molecular complexity index is 429. The van der Waals surface area contributed by atoms with Crippen molar-refractivity contribution >= 4 is 5.69 Å². The smallest absolute Gasteiger partial charge is 0.185 e. The predicted octanol–water partition coefficient (Wildman–Crippen LogP) is 4.62. The largest absolute Gasteiger partial charge is 0.377 e. The highest BCUT2D eigenvalue weighted by Crippen LogP contribution is 2.30. The first-order valence-corrected chi connectivity index (χ1v) is 6.60. The van der Waals surface area contributed by atoms with E-state index >= 15 is 0 Å². The van der Waals surface area contributed by atoms with Crippen molar-refractivity contribution in [1.82, 2.24) is 0 Å². The highest BCUT2D eigenvalue weighted by molar-refractivity contribution is 5.48. The van der Waals surface area contributed by atoms with Crippen LogP contribution in [0.1, 0.15) is 39.0 Å². The van der Waals surface area contributed by atoms with Crippen LogP contribution in [0.15, 0.2) is 6.07 Å². The van der Waals surface area contributed by atoms with Gasteiger partial charge >= 0.3 is 0 Å². The van der Waals surface area contributed by atoms with Gasteiger partial charge < -0.3 is 5.32 Å². The lowest BCUT2D eigenvalue weighted by molar-refractivity contribution is 0.326. The Kier molecular flexibility index (Phi) is 4.32. The molecule has 1 aliphatic rings. The van der Waals surface area contributed by atoms with Crippen molar-refractivity contribution in [2.75, 3.05) is 5.32 Å². The third-order valence-electron chi connectivity index (χ3n) is 3.84. The fraction of sp³-hybridized carbons (Fsp3) is 0.571. The highest BCUT2D eigenvalue weighted by Gasteiger charge is 2.24. The van der Waals surface area contributed by atoms with Gasteiger partial charge in [-0.2, -0.15) is 0 Å². The van der Waals surface area contributed by atoms with Gasteiger partial charge in [0.1, 0.15) is 5.69 Å². The number of anilines is 1. The summed E-state index contributed by atoms with van der Waals surface area (Å²) in [7, 11) is 0. The number of nitrogens with one attached hydrogen (secondary N) is 1. The molecule has 1 aliphatic carbocycles. The molecule has 1 unspecified atom stereocenters. The number of hydrogen-bond acceptors (Lipinski definition) is 1. The summed E-state index contributed by atoms with van der Waals surface area (Å²) in [6.45, 7) is 1.79. The van der Waals surface area contributed by atoms with Gasteiger partial charge in [-0.1, -0.05) is 19.3 Å². The highest BCUT2D eigenvalue weighted by atomic mass is 19.2. The molecule has 0 aromatic heterocycles. The predicted molar refractivity (Wildman–Crippen MR) is 65.9 cm³/mol. The Balaban J connectivity index is 2.18. The maximum absolute atomic E-state index is 13.5. The van der Waals surface area contributed by atoms with E-state index in [1.807, 2.05) is 0 Å². The molecule has 1 aromatic carbocycles. The number of halogens is 4. The van der Waals surface area contributed by atoms with Gasteiger partial charge in [0.25, 0.3) is 0 Å². The minimum atomic E-state index is -1.38. The zero-order valence-corrected chi connectivity index (χ0v) is 10.8. The molecular weight excluding hydrogens is 258 g/mol. The summed E-state index contributed by atoms with van der Waals surface area (Å²) in [5.41, 5.74) is -0.699. The van der Waals surface area contributed by atoms with Gasteiger partial charge in [-0.25, -0.2) is 17.6 Å². The standard InChI is InChI=1S/C14H17F4N/c1-8(9-5-3-2-4-6-9)19-14-12(17)10(15)7-11(16)13(14)18/h7-9,19H,2-6H2,1H3. The lowest BCUT2D eigenvalue weighted by Gasteiger charge is -2.29. The van der Waals surface area contributed by atoms with E-state index in [4.69, 9.17) is 0 Å². The fourth-order valence-electron chi connectivity index (χ4n) is 2.68. The van der Waals surface area contributed by atoms with Crippen molar-refractivity contribution in [3.8, 4) is 0 Å². The van der Waals surface area contributed by atoms with E-state index in [9.17, 15) is 17.6 Å². The molecule has 5 heteroatoms. The van der Waals surface area contributed by atoms with E-state index in [1.165, 1.54) is 6.42 Å². The molecule has 1 atom stereocenters. The summed E-state index contributed by atoms with van der Waals surface area (Å²) in [6.07, 6.45) is 5.27. The van der Waals surface area contributed by atoms with Crippen LogP contribution in [0.4, 0.5) is 23.2 Å². The second-order valence-electron chi connectivity index (χ2n) is 5.17. The molecule has 1 saturated carbocycles. The lowest BCUT2D eigenvalue weighted by atomic mass is 9.84. The van der Waals surface area contributed by atoms with Crippen LogP contribution < -0.4 is 5.32 Å². The van der Waals surface area contributed by atoms with Crippen LogP contribution >= 0.6 is 0 Å². The van der Waals surface area contributed by atoms with Gasteiger partial charge in [0.2, 0.25) is 0 Å². The quantitative estimate of drug-likeness (QED) is 0.626. The van der Waals surface area contributed by atoms with Crippen LogP contribution in [-0.2, 0) is 0 Å². The molecule has 0 aliphatic heterocycles. The number of rotatable bonds is 3. The topological polar surface area (TPSA) is 12.0 Å². The fourth-order valence-corrected chi connectivity index (χ4v) is 2.68. The molecule has 0 amide bonds. The van der Waals surface area contributed by atoms with Gasteiger partial charge in [-0.05, 0) is 25.7 Å². The van der Waals surface area contributed by atoms with E-state index in [2.05, 4.69) is 5.32 Å². The maximum Gasteiger partial charge on any atom is 0.185 e.